The van der Waals surface area contributed by atoms with E-state index in [1.165, 1.54) is 16.4 Å². The summed E-state index contributed by atoms with van der Waals surface area (Å²) < 4.78 is 28.9. The Balaban J connectivity index is 1.46. The van der Waals surface area contributed by atoms with Crippen molar-refractivity contribution in [3.8, 4) is 5.69 Å². The van der Waals surface area contributed by atoms with Crippen molar-refractivity contribution in [3.05, 3.63) is 77.6 Å². The minimum Gasteiger partial charge on any atom is -0.322 e. The second-order valence-corrected chi connectivity index (χ2v) is 9.53. The van der Waals surface area contributed by atoms with E-state index in [4.69, 9.17) is 0 Å². The first-order chi connectivity index (χ1) is 14.4. The molecule has 0 saturated carbocycles. The summed E-state index contributed by atoms with van der Waals surface area (Å²) in [5.41, 5.74) is 4.42. The second-order valence-electron chi connectivity index (χ2n) is 7.59. The first-order valence-corrected chi connectivity index (χ1v) is 11.5. The van der Waals surface area contributed by atoms with E-state index in [-0.39, 0.29) is 10.8 Å². The van der Waals surface area contributed by atoms with Crippen molar-refractivity contribution in [2.75, 3.05) is 18.4 Å². The monoisotopic (exact) mass is 423 g/mol. The number of aromatic nitrogens is 1. The molecule has 6 nitrogen and oxygen atoms in total. The molecular weight excluding hydrogens is 398 g/mol. The van der Waals surface area contributed by atoms with Crippen LogP contribution in [0.25, 0.3) is 5.69 Å². The summed E-state index contributed by atoms with van der Waals surface area (Å²) in [5.74, 6) is -0.277. The molecule has 0 spiro atoms. The van der Waals surface area contributed by atoms with Gasteiger partial charge < -0.3 is 9.88 Å². The fourth-order valence-corrected chi connectivity index (χ4v) is 5.35. The molecule has 1 fully saturated rings. The molecule has 1 N–H and O–H groups in total. The Kier molecular flexibility index (Phi) is 5.49. The second kappa shape index (κ2) is 8.08. The number of benzene rings is 2. The molecule has 156 valence electrons. The summed E-state index contributed by atoms with van der Waals surface area (Å²) >= 11 is 0. The highest BCUT2D eigenvalue weighted by atomic mass is 32.2. The third-order valence-electron chi connectivity index (χ3n) is 5.47. The third-order valence-corrected chi connectivity index (χ3v) is 7.39. The zero-order valence-corrected chi connectivity index (χ0v) is 17.9. The van der Waals surface area contributed by atoms with Gasteiger partial charge in [0.1, 0.15) is 0 Å². The van der Waals surface area contributed by atoms with Gasteiger partial charge in [0, 0.05) is 41.4 Å². The Bertz CT molecular complexity index is 1140. The Morgan fingerprint density at radius 1 is 0.833 bits per heavy atom. The Labute approximate surface area is 177 Å². The van der Waals surface area contributed by atoms with Gasteiger partial charge in [-0.3, -0.25) is 4.79 Å². The van der Waals surface area contributed by atoms with E-state index in [0.717, 1.165) is 29.9 Å². The smallest absolute Gasteiger partial charge is 0.255 e. The maximum Gasteiger partial charge on any atom is 0.255 e. The lowest BCUT2D eigenvalue weighted by Crippen LogP contribution is -2.27. The fraction of sp³-hybridized carbons (Fsp3) is 0.261. The number of aryl methyl sites for hydroxylation is 2. The van der Waals surface area contributed by atoms with Gasteiger partial charge in [-0.05, 0) is 87.4 Å². The van der Waals surface area contributed by atoms with Crippen molar-refractivity contribution < 1.29 is 13.2 Å². The average Bonchev–Trinajstić information content (AvgIpc) is 3.40. The van der Waals surface area contributed by atoms with Crippen molar-refractivity contribution in [2.45, 2.75) is 31.6 Å². The van der Waals surface area contributed by atoms with E-state index in [2.05, 4.69) is 35.9 Å². The quantitative estimate of drug-likeness (QED) is 0.671. The van der Waals surface area contributed by atoms with E-state index < -0.39 is 10.0 Å². The van der Waals surface area contributed by atoms with Gasteiger partial charge in [-0.1, -0.05) is 0 Å². The number of carbonyl (C=O) groups excluding carboxylic acids is 1. The predicted molar refractivity (Wildman–Crippen MR) is 118 cm³/mol. The van der Waals surface area contributed by atoms with Gasteiger partial charge in [0.25, 0.3) is 5.91 Å². The van der Waals surface area contributed by atoms with E-state index >= 15 is 0 Å². The summed E-state index contributed by atoms with van der Waals surface area (Å²) in [4.78, 5) is 12.8. The van der Waals surface area contributed by atoms with Crippen molar-refractivity contribution in [3.63, 3.8) is 0 Å². The maximum absolute atomic E-state index is 12.6. The van der Waals surface area contributed by atoms with Crippen LogP contribution < -0.4 is 5.32 Å². The molecule has 3 aromatic rings. The van der Waals surface area contributed by atoms with Gasteiger partial charge in [0.15, 0.2) is 0 Å². The highest BCUT2D eigenvalue weighted by Gasteiger charge is 2.27. The predicted octanol–water partition coefficient (Wildman–Crippen LogP) is 4.13. The lowest BCUT2D eigenvalue weighted by atomic mass is 10.2. The normalized spacial score (nSPS) is 14.7. The Morgan fingerprint density at radius 2 is 1.40 bits per heavy atom. The standard InChI is InChI=1S/C23H25N3O3S/c1-17-5-6-18(2)26(17)21-11-9-20(10-12-21)24-23(27)19-7-13-22(14-8-19)30(28,29)25-15-3-4-16-25/h5-14H,3-4,15-16H2,1-2H3,(H,24,27). The van der Waals surface area contributed by atoms with Crippen LogP contribution in [0.15, 0.2) is 65.6 Å². The highest BCUT2D eigenvalue weighted by molar-refractivity contribution is 7.89. The number of hydrogen-bond acceptors (Lipinski definition) is 3. The molecule has 30 heavy (non-hydrogen) atoms. The fourth-order valence-electron chi connectivity index (χ4n) is 3.83. The molecule has 1 aliphatic heterocycles. The summed E-state index contributed by atoms with van der Waals surface area (Å²) in [5, 5.41) is 2.87. The summed E-state index contributed by atoms with van der Waals surface area (Å²) in [6.45, 7) is 5.22. The van der Waals surface area contributed by atoms with Gasteiger partial charge in [0.2, 0.25) is 10.0 Å². The maximum atomic E-state index is 12.6. The van der Waals surface area contributed by atoms with Gasteiger partial charge in [0.05, 0.1) is 4.90 Å². The van der Waals surface area contributed by atoms with Crippen LogP contribution in [0.5, 0.6) is 0 Å². The van der Waals surface area contributed by atoms with Gasteiger partial charge in [-0.15, -0.1) is 0 Å². The molecule has 0 unspecified atom stereocenters. The molecule has 2 heterocycles. The SMILES string of the molecule is Cc1ccc(C)n1-c1ccc(NC(=O)c2ccc(S(=O)(=O)N3CCCC3)cc2)cc1. The number of nitrogens with one attached hydrogen (secondary N) is 1. The van der Waals surface area contributed by atoms with Crippen LogP contribution in [0.2, 0.25) is 0 Å². The van der Waals surface area contributed by atoms with Gasteiger partial charge in [-0.2, -0.15) is 4.31 Å². The summed E-state index contributed by atoms with van der Waals surface area (Å²) in [6, 6.07) is 17.9. The van der Waals surface area contributed by atoms with E-state index in [1.54, 1.807) is 12.1 Å². The van der Waals surface area contributed by atoms with E-state index in [9.17, 15) is 13.2 Å². The summed E-state index contributed by atoms with van der Waals surface area (Å²) in [7, 11) is -3.47. The molecule has 1 aromatic heterocycles. The molecule has 2 aromatic carbocycles. The third kappa shape index (κ3) is 3.91. The first kappa shape index (κ1) is 20.4. The van der Waals surface area contributed by atoms with Crippen LogP contribution in [0.3, 0.4) is 0 Å². The Hall–Kier alpha value is -2.90. The minimum absolute atomic E-state index is 0.225. The number of sulfonamides is 1. The molecule has 0 radical (unpaired) electrons. The topological polar surface area (TPSA) is 71.4 Å². The van der Waals surface area contributed by atoms with Crippen LogP contribution in [-0.4, -0.2) is 36.3 Å². The van der Waals surface area contributed by atoms with Gasteiger partial charge in [-0.25, -0.2) is 8.42 Å². The van der Waals surface area contributed by atoms with E-state index in [1.807, 2.05) is 24.3 Å². The highest BCUT2D eigenvalue weighted by Crippen LogP contribution is 2.22. The number of hydrogen-bond donors (Lipinski definition) is 1. The number of nitrogens with zero attached hydrogens (tertiary/aromatic N) is 2. The molecule has 1 saturated heterocycles. The largest absolute Gasteiger partial charge is 0.322 e. The molecule has 0 aliphatic carbocycles. The lowest BCUT2D eigenvalue weighted by Gasteiger charge is -2.15. The van der Waals surface area contributed by atoms with Crippen molar-refractivity contribution in [1.82, 2.24) is 8.87 Å². The van der Waals surface area contributed by atoms with Crippen LogP contribution in [0.1, 0.15) is 34.6 Å². The molecular formula is C23H25N3O3S. The first-order valence-electron chi connectivity index (χ1n) is 10.0. The number of amides is 1. The number of carbonyl (C=O) groups is 1. The lowest BCUT2D eigenvalue weighted by molar-refractivity contribution is 0.102. The zero-order chi connectivity index (χ0) is 21.3. The van der Waals surface area contributed by atoms with Crippen LogP contribution in [0.4, 0.5) is 5.69 Å². The van der Waals surface area contributed by atoms with Gasteiger partial charge >= 0.3 is 0 Å². The zero-order valence-electron chi connectivity index (χ0n) is 17.1. The number of rotatable bonds is 5. The minimum atomic E-state index is -3.47. The molecule has 4 rings (SSSR count). The molecule has 0 bridgehead atoms. The average molecular weight is 424 g/mol. The van der Waals surface area contributed by atoms with Crippen LogP contribution >= 0.6 is 0 Å². The molecule has 7 heteroatoms. The molecule has 1 aliphatic rings. The molecule has 0 atom stereocenters. The van der Waals surface area contributed by atoms with Crippen molar-refractivity contribution in [1.29, 1.82) is 0 Å². The Morgan fingerprint density at radius 3 is 1.97 bits per heavy atom. The van der Waals surface area contributed by atoms with Crippen LogP contribution in [0, 0.1) is 13.8 Å². The van der Waals surface area contributed by atoms with E-state index in [0.29, 0.717) is 24.3 Å². The summed E-state index contributed by atoms with van der Waals surface area (Å²) in [6.07, 6.45) is 1.78. The number of anilines is 1. The van der Waals surface area contributed by atoms with Crippen LogP contribution in [-0.2, 0) is 10.0 Å². The molecule has 1 amide bonds. The van der Waals surface area contributed by atoms with Crippen molar-refractivity contribution >= 4 is 21.6 Å². The van der Waals surface area contributed by atoms with Crippen molar-refractivity contribution in [2.24, 2.45) is 0 Å².